The summed E-state index contributed by atoms with van der Waals surface area (Å²) in [5, 5.41) is 0. The van der Waals surface area contributed by atoms with E-state index in [1.165, 1.54) is 28.6 Å². The van der Waals surface area contributed by atoms with Crippen LogP contribution in [0, 0.1) is 0 Å². The van der Waals surface area contributed by atoms with Crippen LogP contribution in [-0.4, -0.2) is 50.3 Å². The molecule has 1 saturated heterocycles. The van der Waals surface area contributed by atoms with Gasteiger partial charge in [-0.3, -0.25) is 4.79 Å². The molecule has 2 heterocycles. The van der Waals surface area contributed by atoms with Gasteiger partial charge in [0.25, 0.3) is 5.91 Å². The summed E-state index contributed by atoms with van der Waals surface area (Å²) in [5.41, 5.74) is 2.17. The fourth-order valence-corrected chi connectivity index (χ4v) is 5.62. The highest BCUT2D eigenvalue weighted by Crippen LogP contribution is 2.28. The van der Waals surface area contributed by atoms with E-state index in [4.69, 9.17) is 4.74 Å². The van der Waals surface area contributed by atoms with Crippen LogP contribution in [0.4, 0.5) is 5.69 Å². The van der Waals surface area contributed by atoms with Crippen molar-refractivity contribution in [1.82, 2.24) is 4.31 Å². The minimum Gasteiger partial charge on any atom is -0.449 e. The van der Waals surface area contributed by atoms with Crippen molar-refractivity contribution < 1.29 is 22.7 Å². The van der Waals surface area contributed by atoms with Crippen LogP contribution in [0.25, 0.3) is 0 Å². The normalized spacial score (nSPS) is 17.8. The predicted molar refractivity (Wildman–Crippen MR) is 116 cm³/mol. The summed E-state index contributed by atoms with van der Waals surface area (Å²) >= 11 is 0. The zero-order valence-corrected chi connectivity index (χ0v) is 18.3. The largest absolute Gasteiger partial charge is 0.449 e. The molecule has 8 heteroatoms. The Morgan fingerprint density at radius 1 is 0.935 bits per heavy atom. The van der Waals surface area contributed by atoms with Crippen molar-refractivity contribution >= 4 is 27.6 Å². The fraction of sp³-hybridized carbons (Fsp3) is 0.391. The summed E-state index contributed by atoms with van der Waals surface area (Å²) in [4.78, 5) is 27.3. The van der Waals surface area contributed by atoms with Gasteiger partial charge in [-0.25, -0.2) is 13.2 Å². The number of nitrogens with zero attached hydrogens (tertiary/aromatic N) is 2. The van der Waals surface area contributed by atoms with E-state index in [9.17, 15) is 18.0 Å². The van der Waals surface area contributed by atoms with Crippen LogP contribution in [0.3, 0.4) is 0 Å². The van der Waals surface area contributed by atoms with E-state index in [1.807, 2.05) is 24.3 Å². The summed E-state index contributed by atoms with van der Waals surface area (Å²) in [6, 6.07) is 13.4. The Bertz CT molecular complexity index is 1080. The number of para-hydroxylation sites is 1. The number of fused-ring (bicyclic) bond motifs is 1. The second-order valence-corrected chi connectivity index (χ2v) is 9.84. The van der Waals surface area contributed by atoms with Gasteiger partial charge in [0.15, 0.2) is 6.10 Å². The third kappa shape index (κ3) is 4.36. The van der Waals surface area contributed by atoms with Crippen molar-refractivity contribution in [3.05, 3.63) is 59.7 Å². The number of esters is 1. The van der Waals surface area contributed by atoms with Gasteiger partial charge in [0, 0.05) is 25.3 Å². The van der Waals surface area contributed by atoms with Crippen LogP contribution in [0.5, 0.6) is 0 Å². The predicted octanol–water partition coefficient (Wildman–Crippen LogP) is 3.00. The van der Waals surface area contributed by atoms with Crippen molar-refractivity contribution in [2.24, 2.45) is 0 Å². The second-order valence-electron chi connectivity index (χ2n) is 7.91. The molecule has 0 bridgehead atoms. The van der Waals surface area contributed by atoms with Gasteiger partial charge in [0.05, 0.1) is 10.5 Å². The van der Waals surface area contributed by atoms with Crippen molar-refractivity contribution in [3.8, 4) is 0 Å². The van der Waals surface area contributed by atoms with E-state index in [0.29, 0.717) is 19.6 Å². The monoisotopic (exact) mass is 442 g/mol. The Hall–Kier alpha value is -2.71. The van der Waals surface area contributed by atoms with Gasteiger partial charge >= 0.3 is 5.97 Å². The smallest absolute Gasteiger partial charge is 0.338 e. The van der Waals surface area contributed by atoms with Gasteiger partial charge in [-0.15, -0.1) is 0 Å². The first-order valence-corrected chi connectivity index (χ1v) is 12.0. The number of carbonyl (C=O) groups excluding carboxylic acids is 2. The fourth-order valence-electron chi connectivity index (χ4n) is 4.10. The van der Waals surface area contributed by atoms with Crippen LogP contribution in [0.2, 0.25) is 0 Å². The Morgan fingerprint density at radius 2 is 1.61 bits per heavy atom. The average Bonchev–Trinajstić information content (AvgIpc) is 3.34. The molecule has 0 N–H and O–H groups in total. The highest BCUT2D eigenvalue weighted by atomic mass is 32.2. The molecule has 0 radical (unpaired) electrons. The minimum absolute atomic E-state index is 0.153. The van der Waals surface area contributed by atoms with Gasteiger partial charge in [-0.2, -0.15) is 4.31 Å². The maximum Gasteiger partial charge on any atom is 0.338 e. The molecule has 2 aromatic rings. The van der Waals surface area contributed by atoms with Gasteiger partial charge in [-0.1, -0.05) is 18.2 Å². The van der Waals surface area contributed by atoms with Crippen LogP contribution in [-0.2, 0) is 26.0 Å². The molecule has 1 atom stereocenters. The second kappa shape index (κ2) is 8.80. The molecule has 1 amide bonds. The van der Waals surface area contributed by atoms with Gasteiger partial charge in [0.2, 0.25) is 10.0 Å². The van der Waals surface area contributed by atoms with Crippen LogP contribution < -0.4 is 4.90 Å². The first-order valence-electron chi connectivity index (χ1n) is 10.6. The molecule has 7 nitrogen and oxygen atoms in total. The Morgan fingerprint density at radius 3 is 2.32 bits per heavy atom. The van der Waals surface area contributed by atoms with Crippen molar-refractivity contribution in [2.75, 3.05) is 24.5 Å². The van der Waals surface area contributed by atoms with Gasteiger partial charge in [0.1, 0.15) is 0 Å². The number of ether oxygens (including phenoxy) is 1. The number of carbonyl (C=O) groups is 2. The number of aryl methyl sites for hydroxylation is 1. The lowest BCUT2D eigenvalue weighted by Crippen LogP contribution is -2.42. The number of anilines is 1. The summed E-state index contributed by atoms with van der Waals surface area (Å²) in [5.74, 6) is -0.926. The molecule has 0 saturated carbocycles. The lowest BCUT2D eigenvalue weighted by atomic mass is 10.0. The molecule has 0 unspecified atom stereocenters. The third-order valence-electron chi connectivity index (χ3n) is 5.80. The third-order valence-corrected chi connectivity index (χ3v) is 7.71. The highest BCUT2D eigenvalue weighted by Gasteiger charge is 2.30. The number of benzene rings is 2. The summed E-state index contributed by atoms with van der Waals surface area (Å²) in [6.07, 6.45) is 2.54. The molecule has 0 spiro atoms. The molecule has 164 valence electrons. The topological polar surface area (TPSA) is 84.0 Å². The molecule has 2 aliphatic rings. The minimum atomic E-state index is -3.54. The quantitative estimate of drug-likeness (QED) is 0.665. The van der Waals surface area contributed by atoms with E-state index in [0.717, 1.165) is 36.9 Å². The number of hydrogen-bond donors (Lipinski definition) is 0. The number of amides is 1. The van der Waals surface area contributed by atoms with Crippen molar-refractivity contribution in [2.45, 2.75) is 43.6 Å². The maximum absolute atomic E-state index is 12.9. The first kappa shape index (κ1) is 21.5. The van der Waals surface area contributed by atoms with E-state index < -0.39 is 22.1 Å². The maximum atomic E-state index is 12.9. The summed E-state index contributed by atoms with van der Waals surface area (Å²) in [7, 11) is -3.54. The molecule has 4 rings (SSSR count). The molecule has 31 heavy (non-hydrogen) atoms. The molecular weight excluding hydrogens is 416 g/mol. The van der Waals surface area contributed by atoms with E-state index >= 15 is 0 Å². The molecule has 1 fully saturated rings. The molecule has 2 aliphatic heterocycles. The Kier molecular flexibility index (Phi) is 6.11. The molecule has 0 aliphatic carbocycles. The number of rotatable bonds is 5. The van der Waals surface area contributed by atoms with E-state index in [2.05, 4.69) is 0 Å². The molecular formula is C23H26N2O5S. The number of sulfonamides is 1. The van der Waals surface area contributed by atoms with Crippen LogP contribution in [0.1, 0.15) is 42.1 Å². The van der Waals surface area contributed by atoms with E-state index in [1.54, 1.807) is 11.8 Å². The molecule has 2 aromatic carbocycles. The van der Waals surface area contributed by atoms with Gasteiger partial charge in [-0.05, 0) is 68.5 Å². The van der Waals surface area contributed by atoms with Crippen LogP contribution in [0.15, 0.2) is 53.4 Å². The zero-order valence-electron chi connectivity index (χ0n) is 17.5. The first-order chi connectivity index (χ1) is 14.9. The van der Waals surface area contributed by atoms with Gasteiger partial charge < -0.3 is 9.64 Å². The Labute approximate surface area is 182 Å². The highest BCUT2D eigenvalue weighted by molar-refractivity contribution is 7.89. The van der Waals surface area contributed by atoms with Crippen LogP contribution >= 0.6 is 0 Å². The Balaban J connectivity index is 1.43. The summed E-state index contributed by atoms with van der Waals surface area (Å²) < 4.78 is 32.1. The lowest BCUT2D eigenvalue weighted by Gasteiger charge is -2.31. The zero-order chi connectivity index (χ0) is 22.0. The lowest BCUT2D eigenvalue weighted by molar-refractivity contribution is -0.126. The molecule has 0 aromatic heterocycles. The standard InChI is InChI=1S/C23H26N2O5S/c1-17(22(26)25-16-6-8-18-7-2-3-9-21(18)25)30-23(27)19-10-12-20(13-11-19)31(28,29)24-14-4-5-15-24/h2-3,7,9-13,17H,4-6,8,14-16H2,1H3/t17-/m0/s1. The van der Waals surface area contributed by atoms with Crippen molar-refractivity contribution in [3.63, 3.8) is 0 Å². The summed E-state index contributed by atoms with van der Waals surface area (Å²) in [6.45, 7) is 3.18. The van der Waals surface area contributed by atoms with E-state index in [-0.39, 0.29) is 16.4 Å². The SMILES string of the molecule is C[C@H](OC(=O)c1ccc(S(=O)(=O)N2CCCC2)cc1)C(=O)N1CCCc2ccccc21. The number of hydrogen-bond acceptors (Lipinski definition) is 5. The van der Waals surface area contributed by atoms with Crippen molar-refractivity contribution in [1.29, 1.82) is 0 Å². The average molecular weight is 443 g/mol.